The van der Waals surface area contributed by atoms with Crippen LogP contribution in [0.3, 0.4) is 0 Å². The van der Waals surface area contributed by atoms with Crippen molar-refractivity contribution in [1.82, 2.24) is 0 Å². The van der Waals surface area contributed by atoms with Gasteiger partial charge in [0.05, 0.1) is 22.5 Å². The van der Waals surface area contributed by atoms with Gasteiger partial charge in [-0.15, -0.1) is 0 Å². The lowest BCUT2D eigenvalue weighted by molar-refractivity contribution is -0.687. The van der Waals surface area contributed by atoms with Crippen LogP contribution in [0.4, 0.5) is 17.1 Å². The van der Waals surface area contributed by atoms with E-state index in [2.05, 4.69) is 137 Å². The number of nitrogens with zero attached hydrogens (tertiary/aromatic N) is 3. The summed E-state index contributed by atoms with van der Waals surface area (Å²) >= 11 is 0. The van der Waals surface area contributed by atoms with Gasteiger partial charge in [-0.2, -0.15) is 4.57 Å². The Labute approximate surface area is 218 Å². The van der Waals surface area contributed by atoms with E-state index < -0.39 is 0 Å². The number of rotatable bonds is 5. The van der Waals surface area contributed by atoms with Crippen LogP contribution in [-0.2, 0) is 20.0 Å². The van der Waals surface area contributed by atoms with Crippen molar-refractivity contribution in [1.29, 1.82) is 0 Å². The van der Waals surface area contributed by atoms with Crippen LogP contribution in [0.5, 0.6) is 0 Å². The number of aromatic nitrogens is 2. The van der Waals surface area contributed by atoms with Crippen LogP contribution in [0.25, 0.3) is 22.5 Å². The molecular formula is C34H31N3+2. The Bertz CT molecular complexity index is 1600. The zero-order valence-corrected chi connectivity index (χ0v) is 21.2. The van der Waals surface area contributed by atoms with Gasteiger partial charge in [-0.1, -0.05) is 30.3 Å². The maximum absolute atomic E-state index is 2.53. The minimum atomic E-state index is 0.591. The number of para-hydroxylation sites is 1. The lowest BCUT2D eigenvalue weighted by Crippen LogP contribution is -2.40. The summed E-state index contributed by atoms with van der Waals surface area (Å²) in [6, 6.07) is 37.6. The highest BCUT2D eigenvalue weighted by Crippen LogP contribution is 2.52. The average molecular weight is 482 g/mol. The van der Waals surface area contributed by atoms with Crippen molar-refractivity contribution in [3.8, 4) is 22.5 Å². The zero-order valence-electron chi connectivity index (χ0n) is 21.2. The Morgan fingerprint density at radius 2 is 1.35 bits per heavy atom. The number of pyridine rings is 2. The Balaban J connectivity index is 1.49. The summed E-state index contributed by atoms with van der Waals surface area (Å²) in [4.78, 5) is 2.53. The van der Waals surface area contributed by atoms with Crippen molar-refractivity contribution in [2.75, 3.05) is 4.90 Å². The monoisotopic (exact) mass is 481 g/mol. The van der Waals surface area contributed by atoms with Gasteiger partial charge < -0.3 is 4.90 Å². The Morgan fingerprint density at radius 1 is 0.649 bits per heavy atom. The van der Waals surface area contributed by atoms with Crippen LogP contribution in [-0.4, -0.2) is 0 Å². The van der Waals surface area contributed by atoms with Crippen LogP contribution in [0.1, 0.15) is 29.9 Å². The van der Waals surface area contributed by atoms with E-state index in [4.69, 9.17) is 0 Å². The number of aryl methyl sites for hydroxylation is 2. The molecule has 5 aromatic rings. The molecule has 1 saturated carbocycles. The third kappa shape index (κ3) is 3.82. The molecule has 3 heteroatoms. The molecule has 37 heavy (non-hydrogen) atoms. The first-order valence-corrected chi connectivity index (χ1v) is 13.3. The molecule has 0 saturated heterocycles. The molecule has 0 bridgehead atoms. The Hall–Kier alpha value is -4.24. The summed E-state index contributed by atoms with van der Waals surface area (Å²) in [5, 5.41) is 0. The van der Waals surface area contributed by atoms with Crippen molar-refractivity contribution >= 4 is 17.1 Å². The third-order valence-corrected chi connectivity index (χ3v) is 7.87. The molecule has 7 rings (SSSR count). The first-order chi connectivity index (χ1) is 18.3. The summed E-state index contributed by atoms with van der Waals surface area (Å²) in [6.45, 7) is 0.998. The van der Waals surface area contributed by atoms with E-state index in [1.165, 1.54) is 63.5 Å². The summed E-state index contributed by atoms with van der Waals surface area (Å²) < 4.78 is 4.63. The predicted octanol–water partition coefficient (Wildman–Crippen LogP) is 7.04. The van der Waals surface area contributed by atoms with E-state index in [0.29, 0.717) is 5.92 Å². The van der Waals surface area contributed by atoms with Crippen LogP contribution in [0, 0.1) is 0 Å². The normalized spacial score (nSPS) is 14.1. The highest BCUT2D eigenvalue weighted by molar-refractivity contribution is 5.87. The maximum atomic E-state index is 2.53. The molecule has 0 N–H and O–H groups in total. The molecule has 3 nitrogen and oxygen atoms in total. The SMILES string of the molecule is C[n+]1ccccc1-c1cccc(N(c2ccccc2)c2cccc3c2CC[n+]2ccccc2-3)c1C1CC1. The minimum Gasteiger partial charge on any atom is -0.310 e. The molecule has 1 aliphatic carbocycles. The number of hydrogen-bond acceptors (Lipinski definition) is 1. The van der Waals surface area contributed by atoms with Gasteiger partial charge in [-0.3, -0.25) is 0 Å². The molecule has 1 fully saturated rings. The van der Waals surface area contributed by atoms with E-state index in [9.17, 15) is 0 Å². The topological polar surface area (TPSA) is 11.0 Å². The quantitative estimate of drug-likeness (QED) is 0.245. The molecule has 0 atom stereocenters. The largest absolute Gasteiger partial charge is 0.310 e. The molecule has 0 amide bonds. The minimum absolute atomic E-state index is 0.591. The van der Waals surface area contributed by atoms with Gasteiger partial charge in [0.1, 0.15) is 7.05 Å². The van der Waals surface area contributed by atoms with Crippen LogP contribution in [0.15, 0.2) is 116 Å². The number of hydrogen-bond donors (Lipinski definition) is 0. The summed E-state index contributed by atoms with van der Waals surface area (Å²) in [7, 11) is 2.15. The second-order valence-corrected chi connectivity index (χ2v) is 10.2. The second-order valence-electron chi connectivity index (χ2n) is 10.2. The van der Waals surface area contributed by atoms with Gasteiger partial charge in [0.15, 0.2) is 18.9 Å². The van der Waals surface area contributed by atoms with Gasteiger partial charge in [0.25, 0.3) is 0 Å². The fraction of sp³-hybridized carbons (Fsp3) is 0.176. The summed E-state index contributed by atoms with van der Waals surface area (Å²) in [6.07, 6.45) is 7.87. The Kier molecular flexibility index (Phi) is 5.35. The van der Waals surface area contributed by atoms with E-state index in [-0.39, 0.29) is 0 Å². The van der Waals surface area contributed by atoms with E-state index >= 15 is 0 Å². The first-order valence-electron chi connectivity index (χ1n) is 13.3. The molecule has 1 aliphatic heterocycles. The predicted molar refractivity (Wildman–Crippen MR) is 149 cm³/mol. The van der Waals surface area contributed by atoms with Crippen molar-refractivity contribution in [2.24, 2.45) is 7.05 Å². The van der Waals surface area contributed by atoms with Gasteiger partial charge in [-0.05, 0) is 78.4 Å². The van der Waals surface area contributed by atoms with Crippen LogP contribution < -0.4 is 14.0 Å². The van der Waals surface area contributed by atoms with Crippen LogP contribution in [0.2, 0.25) is 0 Å². The second kappa shape index (κ2) is 9.01. The smallest absolute Gasteiger partial charge is 0.212 e. The molecule has 0 unspecified atom stereocenters. The number of fused-ring (bicyclic) bond motifs is 3. The van der Waals surface area contributed by atoms with Crippen molar-refractivity contribution < 1.29 is 9.13 Å². The molecule has 180 valence electrons. The highest BCUT2D eigenvalue weighted by atomic mass is 15.2. The summed E-state index contributed by atoms with van der Waals surface area (Å²) in [5.74, 6) is 0.591. The maximum Gasteiger partial charge on any atom is 0.212 e. The Morgan fingerprint density at radius 3 is 2.14 bits per heavy atom. The highest BCUT2D eigenvalue weighted by Gasteiger charge is 2.34. The van der Waals surface area contributed by atoms with Gasteiger partial charge in [0.2, 0.25) is 11.4 Å². The average Bonchev–Trinajstić information content (AvgIpc) is 3.79. The fourth-order valence-electron chi connectivity index (χ4n) is 6.00. The lowest BCUT2D eigenvalue weighted by Gasteiger charge is -2.31. The molecule has 0 radical (unpaired) electrons. The first kappa shape index (κ1) is 22.0. The standard InChI is InChI=1S/C34H31N3/c1-35-22-7-5-15-30(35)29-14-10-18-33(34(29)25-19-20-25)37(26-11-3-2-4-12-26)32-17-9-13-27-28(32)21-24-36-23-8-6-16-31(27)36/h2-18,22-23,25H,19-21,24H2,1H3/q+2. The van der Waals surface area contributed by atoms with Crippen molar-refractivity contribution in [3.05, 3.63) is 127 Å². The third-order valence-electron chi connectivity index (χ3n) is 7.87. The van der Waals surface area contributed by atoms with Crippen molar-refractivity contribution in [3.63, 3.8) is 0 Å². The van der Waals surface area contributed by atoms with Crippen molar-refractivity contribution in [2.45, 2.75) is 31.7 Å². The molecule has 3 heterocycles. The molecule has 0 spiro atoms. The van der Waals surface area contributed by atoms with E-state index in [1.54, 1.807) is 0 Å². The fourth-order valence-corrected chi connectivity index (χ4v) is 6.00. The molecule has 3 aromatic carbocycles. The zero-order chi connectivity index (χ0) is 24.8. The summed E-state index contributed by atoms with van der Waals surface area (Å²) in [5.41, 5.74) is 11.9. The van der Waals surface area contributed by atoms with Gasteiger partial charge in [-0.25, -0.2) is 4.57 Å². The number of benzene rings is 3. The van der Waals surface area contributed by atoms with Gasteiger partial charge in [0, 0.05) is 36.4 Å². The number of anilines is 3. The van der Waals surface area contributed by atoms with Crippen LogP contribution >= 0.6 is 0 Å². The molecule has 2 aromatic heterocycles. The van der Waals surface area contributed by atoms with Gasteiger partial charge >= 0.3 is 0 Å². The lowest BCUT2D eigenvalue weighted by atomic mass is 9.92. The molecular weight excluding hydrogens is 450 g/mol. The van der Waals surface area contributed by atoms with E-state index in [0.717, 1.165) is 13.0 Å². The van der Waals surface area contributed by atoms with E-state index in [1.807, 2.05) is 0 Å². The molecule has 2 aliphatic rings.